The number of aliphatic carboxylic acids is 1. The molecule has 7 heteroatoms. The Morgan fingerprint density at radius 1 is 1.36 bits per heavy atom. The third-order valence-corrected chi connectivity index (χ3v) is 1.27. The molecule has 0 unspecified atom stereocenters. The van der Waals surface area contributed by atoms with Crippen molar-refractivity contribution in [2.75, 3.05) is 6.54 Å². The van der Waals surface area contributed by atoms with Gasteiger partial charge in [0.2, 0.25) is 0 Å². The third-order valence-electron chi connectivity index (χ3n) is 0.825. The second-order valence-corrected chi connectivity index (χ2v) is 2.49. The average molecular weight is 193 g/mol. The molecular formula is C4H7N3O2S2. The molecule has 0 aromatic heterocycles. The van der Waals surface area contributed by atoms with Crippen molar-refractivity contribution in [3.8, 4) is 0 Å². The predicted octanol–water partition coefficient (Wildman–Crippen LogP) is -1.14. The van der Waals surface area contributed by atoms with E-state index in [0.717, 1.165) is 4.90 Å². The number of hydrogen-bond acceptors (Lipinski definition) is 3. The second kappa shape index (κ2) is 4.04. The molecule has 0 bridgehead atoms. The maximum Gasteiger partial charge on any atom is 0.323 e. The van der Waals surface area contributed by atoms with E-state index in [-0.39, 0.29) is 10.2 Å². The van der Waals surface area contributed by atoms with Crippen LogP contribution >= 0.6 is 24.4 Å². The topological polar surface area (TPSA) is 92.6 Å². The van der Waals surface area contributed by atoms with Crippen LogP contribution in [0.15, 0.2) is 0 Å². The quantitative estimate of drug-likeness (QED) is 0.477. The molecule has 0 aliphatic rings. The lowest BCUT2D eigenvalue weighted by molar-refractivity contribution is -0.136. The van der Waals surface area contributed by atoms with Gasteiger partial charge in [-0.15, -0.1) is 0 Å². The van der Waals surface area contributed by atoms with Crippen LogP contribution in [0, 0.1) is 0 Å². The summed E-state index contributed by atoms with van der Waals surface area (Å²) in [6, 6.07) is 0. The minimum Gasteiger partial charge on any atom is -0.480 e. The number of thiocarbonyl (C=S) groups is 2. The normalized spacial score (nSPS) is 8.73. The highest BCUT2D eigenvalue weighted by Gasteiger charge is 2.12. The van der Waals surface area contributed by atoms with Gasteiger partial charge in [-0.25, -0.2) is 0 Å². The molecule has 0 amide bonds. The van der Waals surface area contributed by atoms with Crippen molar-refractivity contribution in [1.82, 2.24) is 4.90 Å². The van der Waals surface area contributed by atoms with Gasteiger partial charge in [0.15, 0.2) is 10.2 Å². The fourth-order valence-corrected chi connectivity index (χ4v) is 0.783. The molecule has 0 rings (SSSR count). The monoisotopic (exact) mass is 193 g/mol. The fourth-order valence-electron chi connectivity index (χ4n) is 0.400. The summed E-state index contributed by atoms with van der Waals surface area (Å²) in [6.07, 6.45) is 0. The van der Waals surface area contributed by atoms with Crippen LogP contribution in [0.1, 0.15) is 0 Å². The number of hydrogen-bond donors (Lipinski definition) is 3. The largest absolute Gasteiger partial charge is 0.480 e. The van der Waals surface area contributed by atoms with E-state index in [1.165, 1.54) is 0 Å². The maximum absolute atomic E-state index is 10.1. The van der Waals surface area contributed by atoms with E-state index in [4.69, 9.17) is 16.6 Å². The van der Waals surface area contributed by atoms with Crippen LogP contribution in [-0.2, 0) is 4.79 Å². The average Bonchev–Trinajstić information content (AvgIpc) is 1.81. The summed E-state index contributed by atoms with van der Waals surface area (Å²) in [7, 11) is 0. The van der Waals surface area contributed by atoms with Gasteiger partial charge in [-0.2, -0.15) is 0 Å². The number of carboxylic acids is 1. The summed E-state index contributed by atoms with van der Waals surface area (Å²) in [6.45, 7) is -0.398. The maximum atomic E-state index is 10.1. The molecular weight excluding hydrogens is 186 g/mol. The van der Waals surface area contributed by atoms with Crippen molar-refractivity contribution in [1.29, 1.82) is 0 Å². The van der Waals surface area contributed by atoms with E-state index in [9.17, 15) is 4.79 Å². The molecule has 5 nitrogen and oxygen atoms in total. The predicted molar refractivity (Wildman–Crippen MR) is 47.9 cm³/mol. The summed E-state index contributed by atoms with van der Waals surface area (Å²) >= 11 is 8.97. The van der Waals surface area contributed by atoms with Crippen LogP contribution in [0.3, 0.4) is 0 Å². The zero-order valence-corrected chi connectivity index (χ0v) is 7.11. The molecule has 0 aliphatic heterocycles. The van der Waals surface area contributed by atoms with Gasteiger partial charge < -0.3 is 16.6 Å². The van der Waals surface area contributed by atoms with Gasteiger partial charge in [0, 0.05) is 0 Å². The highest BCUT2D eigenvalue weighted by Crippen LogP contribution is 1.87. The first-order chi connectivity index (χ1) is 4.95. The highest BCUT2D eigenvalue weighted by atomic mass is 32.1. The summed E-state index contributed by atoms with van der Waals surface area (Å²) in [4.78, 5) is 11.1. The molecule has 0 atom stereocenters. The number of carboxylic acid groups (broad SMARTS) is 1. The van der Waals surface area contributed by atoms with E-state index in [1.54, 1.807) is 0 Å². The number of nitrogens with zero attached hydrogens (tertiary/aromatic N) is 1. The van der Waals surface area contributed by atoms with Crippen LogP contribution < -0.4 is 11.5 Å². The van der Waals surface area contributed by atoms with Crippen LogP contribution in [0.4, 0.5) is 0 Å². The van der Waals surface area contributed by atoms with E-state index in [0.29, 0.717) is 0 Å². The smallest absolute Gasteiger partial charge is 0.323 e. The molecule has 0 heterocycles. The third kappa shape index (κ3) is 3.68. The molecule has 0 aromatic carbocycles. The van der Waals surface area contributed by atoms with Crippen molar-refractivity contribution in [3.05, 3.63) is 0 Å². The molecule has 11 heavy (non-hydrogen) atoms. The SMILES string of the molecule is NC(=S)N(CC(=O)O)C(N)=S. The van der Waals surface area contributed by atoms with Crippen LogP contribution in [-0.4, -0.2) is 32.7 Å². The van der Waals surface area contributed by atoms with Gasteiger partial charge in [-0.05, 0) is 24.4 Å². The Morgan fingerprint density at radius 3 is 1.82 bits per heavy atom. The van der Waals surface area contributed by atoms with Gasteiger partial charge in [-0.3, -0.25) is 9.69 Å². The Balaban J connectivity index is 4.23. The summed E-state index contributed by atoms with van der Waals surface area (Å²) in [5.74, 6) is -1.09. The van der Waals surface area contributed by atoms with Crippen LogP contribution in [0.25, 0.3) is 0 Å². The van der Waals surface area contributed by atoms with Gasteiger partial charge in [0.25, 0.3) is 0 Å². The standard InChI is InChI=1S/C4H7N3O2S2/c5-3(10)7(4(6)11)1-2(8)9/h1H2,(H2,5,10)(H2,6,11)(H,8,9). The van der Waals surface area contributed by atoms with Crippen molar-refractivity contribution in [2.45, 2.75) is 0 Å². The fraction of sp³-hybridized carbons (Fsp3) is 0.250. The molecule has 0 saturated carbocycles. The Hall–Kier alpha value is -0.950. The first-order valence-electron chi connectivity index (χ1n) is 2.53. The molecule has 0 aliphatic carbocycles. The molecule has 0 radical (unpaired) electrons. The van der Waals surface area contributed by atoms with Crippen LogP contribution in [0.2, 0.25) is 0 Å². The number of carbonyl (C=O) groups is 1. The lowest BCUT2D eigenvalue weighted by Gasteiger charge is -2.17. The minimum atomic E-state index is -1.09. The Labute approximate surface area is 73.9 Å². The van der Waals surface area contributed by atoms with E-state index < -0.39 is 12.5 Å². The number of rotatable bonds is 2. The lowest BCUT2D eigenvalue weighted by Crippen LogP contribution is -2.46. The molecule has 0 aromatic rings. The van der Waals surface area contributed by atoms with Gasteiger partial charge in [0.05, 0.1) is 0 Å². The minimum absolute atomic E-state index is 0.139. The van der Waals surface area contributed by atoms with Gasteiger partial charge in [-0.1, -0.05) is 0 Å². The van der Waals surface area contributed by atoms with E-state index in [2.05, 4.69) is 24.4 Å². The van der Waals surface area contributed by atoms with E-state index in [1.807, 2.05) is 0 Å². The molecule has 62 valence electrons. The van der Waals surface area contributed by atoms with Gasteiger partial charge >= 0.3 is 5.97 Å². The molecule has 0 saturated heterocycles. The van der Waals surface area contributed by atoms with Crippen molar-refractivity contribution < 1.29 is 9.90 Å². The zero-order chi connectivity index (χ0) is 9.02. The van der Waals surface area contributed by atoms with Crippen molar-refractivity contribution in [2.24, 2.45) is 11.5 Å². The van der Waals surface area contributed by atoms with E-state index >= 15 is 0 Å². The summed E-state index contributed by atoms with van der Waals surface area (Å²) < 4.78 is 0. The van der Waals surface area contributed by atoms with Gasteiger partial charge in [0.1, 0.15) is 6.54 Å². The molecule has 5 N–H and O–H groups in total. The summed E-state index contributed by atoms with van der Waals surface area (Å²) in [5.41, 5.74) is 10.2. The Morgan fingerprint density at radius 2 is 1.73 bits per heavy atom. The second-order valence-electron chi connectivity index (χ2n) is 1.66. The lowest BCUT2D eigenvalue weighted by atomic mass is 10.6. The first-order valence-corrected chi connectivity index (χ1v) is 3.35. The van der Waals surface area contributed by atoms with Crippen LogP contribution in [0.5, 0.6) is 0 Å². The Bertz CT molecular complexity index is 192. The molecule has 0 fully saturated rings. The molecule has 0 spiro atoms. The van der Waals surface area contributed by atoms with Crippen molar-refractivity contribution in [3.63, 3.8) is 0 Å². The Kier molecular flexibility index (Phi) is 3.69. The summed E-state index contributed by atoms with van der Waals surface area (Å²) in [5, 5.41) is 8.03. The number of nitrogens with two attached hydrogens (primary N) is 2. The highest BCUT2D eigenvalue weighted by molar-refractivity contribution is 7.81. The first kappa shape index (κ1) is 10.0. The zero-order valence-electron chi connectivity index (χ0n) is 5.48. The van der Waals surface area contributed by atoms with Crippen molar-refractivity contribution >= 4 is 40.6 Å².